The Labute approximate surface area is 149 Å². The van der Waals surface area contributed by atoms with Crippen molar-refractivity contribution in [1.82, 2.24) is 19.7 Å². The van der Waals surface area contributed by atoms with E-state index in [1.807, 2.05) is 37.1 Å². The third-order valence-corrected chi connectivity index (χ3v) is 5.17. The lowest BCUT2D eigenvalue weighted by Gasteiger charge is -2.39. The molecule has 2 unspecified atom stereocenters. The second kappa shape index (κ2) is 7.78. The molecule has 1 aliphatic rings. The smallest absolute Gasteiger partial charge is 0.293 e. The molecule has 0 bridgehead atoms. The van der Waals surface area contributed by atoms with Crippen LogP contribution in [0.25, 0.3) is 0 Å². The summed E-state index contributed by atoms with van der Waals surface area (Å²) in [5.41, 5.74) is 7.37. The van der Waals surface area contributed by atoms with Crippen LogP contribution in [0.2, 0.25) is 0 Å². The van der Waals surface area contributed by atoms with Crippen molar-refractivity contribution >= 4 is 5.91 Å². The fourth-order valence-electron chi connectivity index (χ4n) is 3.67. The predicted octanol–water partition coefficient (Wildman–Crippen LogP) is 1.94. The number of piperidine rings is 1. The van der Waals surface area contributed by atoms with E-state index in [1.165, 1.54) is 5.56 Å². The first-order valence-electron chi connectivity index (χ1n) is 9.02. The molecule has 2 atom stereocenters. The summed E-state index contributed by atoms with van der Waals surface area (Å²) in [6.45, 7) is 3.18. The van der Waals surface area contributed by atoms with Gasteiger partial charge in [0.2, 0.25) is 5.82 Å². The third-order valence-electron chi connectivity index (χ3n) is 5.17. The number of hydrogen-bond donors (Lipinski definition) is 1. The van der Waals surface area contributed by atoms with E-state index in [-0.39, 0.29) is 17.9 Å². The number of amides is 1. The van der Waals surface area contributed by atoms with Gasteiger partial charge in [0, 0.05) is 19.6 Å². The zero-order valence-electron chi connectivity index (χ0n) is 15.1. The molecule has 0 radical (unpaired) electrons. The van der Waals surface area contributed by atoms with Crippen LogP contribution in [0.4, 0.5) is 0 Å². The van der Waals surface area contributed by atoms with E-state index in [9.17, 15) is 4.79 Å². The monoisotopic (exact) mass is 341 g/mol. The lowest BCUT2D eigenvalue weighted by molar-refractivity contribution is 0.0507. The van der Waals surface area contributed by atoms with Gasteiger partial charge in [0.15, 0.2) is 0 Å². The lowest BCUT2D eigenvalue weighted by Crippen LogP contribution is -2.50. The van der Waals surface area contributed by atoms with Gasteiger partial charge in [-0.25, -0.2) is 4.98 Å². The molecule has 1 saturated heterocycles. The number of aryl methyl sites for hydroxylation is 2. The van der Waals surface area contributed by atoms with Crippen LogP contribution < -0.4 is 5.73 Å². The molecule has 3 rings (SSSR count). The summed E-state index contributed by atoms with van der Waals surface area (Å²) in [5.74, 6) is 1.22. The summed E-state index contributed by atoms with van der Waals surface area (Å²) >= 11 is 0. The van der Waals surface area contributed by atoms with E-state index in [2.05, 4.69) is 22.2 Å². The molecule has 6 heteroatoms. The minimum absolute atomic E-state index is 0.0695. The molecule has 1 aromatic carbocycles. The quantitative estimate of drug-likeness (QED) is 0.901. The fourth-order valence-corrected chi connectivity index (χ4v) is 3.67. The lowest BCUT2D eigenvalue weighted by atomic mass is 9.85. The zero-order valence-corrected chi connectivity index (χ0v) is 15.1. The highest BCUT2D eigenvalue weighted by Crippen LogP contribution is 2.26. The summed E-state index contributed by atoms with van der Waals surface area (Å²) in [4.78, 5) is 19.3. The molecule has 2 N–H and O–H groups in total. The Balaban J connectivity index is 1.80. The first-order chi connectivity index (χ1) is 12.1. The van der Waals surface area contributed by atoms with Gasteiger partial charge in [-0.3, -0.25) is 9.48 Å². The minimum Gasteiger partial charge on any atom is -0.333 e. The van der Waals surface area contributed by atoms with Gasteiger partial charge in [-0.1, -0.05) is 30.3 Å². The number of nitrogens with zero attached hydrogens (tertiary/aromatic N) is 4. The summed E-state index contributed by atoms with van der Waals surface area (Å²) in [6.07, 6.45) is 4.04. The highest BCUT2D eigenvalue weighted by atomic mass is 16.2. The summed E-state index contributed by atoms with van der Waals surface area (Å²) in [5, 5.41) is 4.27. The Hall–Kier alpha value is -2.21. The molecule has 1 fully saturated rings. The SMILES string of the molecule is Cc1nc(C(=O)N2CCCCC2C(CN)Cc2ccccc2)nn1C. The van der Waals surface area contributed by atoms with Crippen molar-refractivity contribution < 1.29 is 4.79 Å². The Kier molecular flexibility index (Phi) is 5.48. The number of rotatable bonds is 5. The van der Waals surface area contributed by atoms with E-state index in [1.54, 1.807) is 4.68 Å². The van der Waals surface area contributed by atoms with Crippen LogP contribution >= 0.6 is 0 Å². The molecule has 25 heavy (non-hydrogen) atoms. The van der Waals surface area contributed by atoms with E-state index in [4.69, 9.17) is 5.73 Å². The van der Waals surface area contributed by atoms with Crippen molar-refractivity contribution in [3.8, 4) is 0 Å². The molecular formula is C19H27N5O. The van der Waals surface area contributed by atoms with Gasteiger partial charge in [-0.15, -0.1) is 5.10 Å². The van der Waals surface area contributed by atoms with Crippen molar-refractivity contribution in [2.75, 3.05) is 13.1 Å². The summed E-state index contributed by atoms with van der Waals surface area (Å²) in [6, 6.07) is 10.5. The average Bonchev–Trinajstić information content (AvgIpc) is 2.99. The van der Waals surface area contributed by atoms with Crippen LogP contribution in [0.5, 0.6) is 0 Å². The summed E-state index contributed by atoms with van der Waals surface area (Å²) < 4.78 is 1.65. The standard InChI is InChI=1S/C19H27N5O/c1-14-21-18(22-23(14)2)19(25)24-11-7-6-10-17(24)16(13-20)12-15-8-4-3-5-9-15/h3-5,8-9,16-17H,6-7,10-13,20H2,1-2H3. The third kappa shape index (κ3) is 3.90. The van der Waals surface area contributed by atoms with E-state index in [0.29, 0.717) is 12.4 Å². The van der Waals surface area contributed by atoms with E-state index in [0.717, 1.165) is 38.1 Å². The fraction of sp³-hybridized carbons (Fsp3) is 0.526. The van der Waals surface area contributed by atoms with Crippen molar-refractivity contribution in [3.63, 3.8) is 0 Å². The maximum absolute atomic E-state index is 13.0. The van der Waals surface area contributed by atoms with Gasteiger partial charge in [0.25, 0.3) is 5.91 Å². The topological polar surface area (TPSA) is 77.0 Å². The molecule has 2 heterocycles. The molecule has 0 saturated carbocycles. The van der Waals surface area contributed by atoms with E-state index >= 15 is 0 Å². The van der Waals surface area contributed by atoms with Gasteiger partial charge < -0.3 is 10.6 Å². The highest BCUT2D eigenvalue weighted by Gasteiger charge is 2.34. The van der Waals surface area contributed by atoms with Crippen LogP contribution in [-0.4, -0.2) is 44.7 Å². The molecule has 0 spiro atoms. The number of carbonyl (C=O) groups excluding carboxylic acids is 1. The zero-order chi connectivity index (χ0) is 17.8. The molecular weight excluding hydrogens is 314 g/mol. The summed E-state index contributed by atoms with van der Waals surface area (Å²) in [7, 11) is 1.81. The molecule has 2 aromatic rings. The number of likely N-dealkylation sites (tertiary alicyclic amines) is 1. The number of nitrogens with two attached hydrogens (primary N) is 1. The van der Waals surface area contributed by atoms with Crippen molar-refractivity contribution in [1.29, 1.82) is 0 Å². The Morgan fingerprint density at radius 1 is 1.32 bits per heavy atom. The largest absolute Gasteiger partial charge is 0.333 e. The molecule has 1 amide bonds. The first-order valence-corrected chi connectivity index (χ1v) is 9.02. The second-order valence-corrected chi connectivity index (χ2v) is 6.85. The van der Waals surface area contributed by atoms with Crippen LogP contribution in [-0.2, 0) is 13.5 Å². The Morgan fingerprint density at radius 2 is 2.08 bits per heavy atom. The predicted molar refractivity (Wildman–Crippen MR) is 97.1 cm³/mol. The average molecular weight is 341 g/mol. The van der Waals surface area contributed by atoms with Crippen LogP contribution in [0.1, 0.15) is 41.3 Å². The van der Waals surface area contributed by atoms with Crippen molar-refractivity contribution in [2.24, 2.45) is 18.7 Å². The normalized spacial score (nSPS) is 19.0. The van der Waals surface area contributed by atoms with Crippen LogP contribution in [0.3, 0.4) is 0 Å². The molecule has 0 aliphatic carbocycles. The Bertz CT molecular complexity index is 692. The highest BCUT2D eigenvalue weighted by molar-refractivity contribution is 5.90. The molecule has 134 valence electrons. The van der Waals surface area contributed by atoms with Crippen molar-refractivity contribution in [3.05, 3.63) is 47.5 Å². The van der Waals surface area contributed by atoms with Crippen molar-refractivity contribution in [2.45, 2.75) is 38.6 Å². The maximum atomic E-state index is 13.0. The first kappa shape index (κ1) is 17.6. The molecule has 1 aliphatic heterocycles. The van der Waals surface area contributed by atoms with Gasteiger partial charge in [-0.2, -0.15) is 0 Å². The van der Waals surface area contributed by atoms with Gasteiger partial charge in [-0.05, 0) is 50.6 Å². The molecule has 1 aromatic heterocycles. The maximum Gasteiger partial charge on any atom is 0.293 e. The van der Waals surface area contributed by atoms with Gasteiger partial charge in [0.05, 0.1) is 0 Å². The van der Waals surface area contributed by atoms with Crippen LogP contribution in [0, 0.1) is 12.8 Å². The number of benzene rings is 1. The number of carbonyl (C=O) groups is 1. The molecule has 6 nitrogen and oxygen atoms in total. The van der Waals surface area contributed by atoms with E-state index < -0.39 is 0 Å². The van der Waals surface area contributed by atoms with Gasteiger partial charge >= 0.3 is 0 Å². The minimum atomic E-state index is -0.0695. The number of hydrogen-bond acceptors (Lipinski definition) is 4. The van der Waals surface area contributed by atoms with Gasteiger partial charge in [0.1, 0.15) is 5.82 Å². The second-order valence-electron chi connectivity index (χ2n) is 6.85. The Morgan fingerprint density at radius 3 is 2.72 bits per heavy atom. The van der Waals surface area contributed by atoms with Crippen LogP contribution in [0.15, 0.2) is 30.3 Å². The number of aromatic nitrogens is 3.